The van der Waals surface area contributed by atoms with E-state index in [1.807, 2.05) is 12.1 Å². The Morgan fingerprint density at radius 2 is 2.29 bits per heavy atom. The number of nitrogens with two attached hydrogens (primary N) is 1. The van der Waals surface area contributed by atoms with Crippen molar-refractivity contribution in [2.75, 3.05) is 17.2 Å². The van der Waals surface area contributed by atoms with Crippen molar-refractivity contribution in [1.82, 2.24) is 0 Å². The zero-order valence-electron chi connectivity index (χ0n) is 8.33. The van der Waals surface area contributed by atoms with Gasteiger partial charge in [-0.3, -0.25) is 0 Å². The SMILES string of the molecule is CC1CCCN1c1ccc(Br)c(N)c1. The fourth-order valence-corrected chi connectivity index (χ4v) is 2.27. The average Bonchev–Trinajstić information content (AvgIpc) is 2.57. The molecular weight excluding hydrogens is 240 g/mol. The number of benzene rings is 1. The van der Waals surface area contributed by atoms with Crippen LogP contribution in [-0.4, -0.2) is 12.6 Å². The monoisotopic (exact) mass is 254 g/mol. The lowest BCUT2D eigenvalue weighted by Gasteiger charge is -2.24. The lowest BCUT2D eigenvalue weighted by molar-refractivity contribution is 0.735. The third kappa shape index (κ3) is 1.73. The molecule has 0 amide bonds. The van der Waals surface area contributed by atoms with Crippen LogP contribution in [0.2, 0.25) is 0 Å². The van der Waals surface area contributed by atoms with Crippen molar-refractivity contribution >= 4 is 27.3 Å². The molecule has 0 bridgehead atoms. The topological polar surface area (TPSA) is 29.3 Å². The van der Waals surface area contributed by atoms with Gasteiger partial charge in [0.25, 0.3) is 0 Å². The summed E-state index contributed by atoms with van der Waals surface area (Å²) in [6.07, 6.45) is 2.58. The summed E-state index contributed by atoms with van der Waals surface area (Å²) in [6, 6.07) is 6.85. The Kier molecular flexibility index (Phi) is 2.68. The van der Waals surface area contributed by atoms with Crippen molar-refractivity contribution in [1.29, 1.82) is 0 Å². The van der Waals surface area contributed by atoms with Crippen molar-refractivity contribution < 1.29 is 0 Å². The van der Waals surface area contributed by atoms with Crippen LogP contribution in [0.1, 0.15) is 19.8 Å². The van der Waals surface area contributed by atoms with Gasteiger partial charge in [-0.15, -0.1) is 0 Å². The van der Waals surface area contributed by atoms with E-state index in [4.69, 9.17) is 5.73 Å². The molecule has 1 saturated heterocycles. The van der Waals surface area contributed by atoms with Gasteiger partial charge in [0.15, 0.2) is 0 Å². The molecule has 14 heavy (non-hydrogen) atoms. The summed E-state index contributed by atoms with van der Waals surface area (Å²) in [5.74, 6) is 0. The maximum absolute atomic E-state index is 5.86. The van der Waals surface area contributed by atoms with E-state index >= 15 is 0 Å². The summed E-state index contributed by atoms with van der Waals surface area (Å²) < 4.78 is 0.980. The van der Waals surface area contributed by atoms with Crippen molar-refractivity contribution in [3.05, 3.63) is 22.7 Å². The molecule has 2 rings (SSSR count). The predicted octanol–water partition coefficient (Wildman–Crippen LogP) is 3.02. The van der Waals surface area contributed by atoms with E-state index in [0.29, 0.717) is 6.04 Å². The molecule has 0 aliphatic carbocycles. The number of rotatable bonds is 1. The highest BCUT2D eigenvalue weighted by Gasteiger charge is 2.20. The fourth-order valence-electron chi connectivity index (χ4n) is 2.03. The quantitative estimate of drug-likeness (QED) is 0.781. The highest BCUT2D eigenvalue weighted by molar-refractivity contribution is 9.10. The zero-order valence-corrected chi connectivity index (χ0v) is 9.92. The minimum Gasteiger partial charge on any atom is -0.398 e. The van der Waals surface area contributed by atoms with E-state index in [1.54, 1.807) is 0 Å². The smallest absolute Gasteiger partial charge is 0.0479 e. The van der Waals surface area contributed by atoms with E-state index in [1.165, 1.54) is 18.5 Å². The number of halogens is 1. The zero-order chi connectivity index (χ0) is 10.1. The largest absolute Gasteiger partial charge is 0.398 e. The van der Waals surface area contributed by atoms with Crippen LogP contribution in [0.25, 0.3) is 0 Å². The van der Waals surface area contributed by atoms with Crippen LogP contribution in [0.4, 0.5) is 11.4 Å². The summed E-state index contributed by atoms with van der Waals surface area (Å²) in [5.41, 5.74) is 7.93. The van der Waals surface area contributed by atoms with Gasteiger partial charge in [0.05, 0.1) is 0 Å². The highest BCUT2D eigenvalue weighted by Crippen LogP contribution is 2.29. The predicted molar refractivity (Wildman–Crippen MR) is 64.6 cm³/mol. The van der Waals surface area contributed by atoms with Gasteiger partial charge >= 0.3 is 0 Å². The summed E-state index contributed by atoms with van der Waals surface area (Å²) in [7, 11) is 0. The summed E-state index contributed by atoms with van der Waals surface area (Å²) >= 11 is 3.41. The van der Waals surface area contributed by atoms with Gasteiger partial charge in [-0.1, -0.05) is 0 Å². The Balaban J connectivity index is 2.28. The molecule has 2 N–H and O–H groups in total. The number of nitrogen functional groups attached to an aromatic ring is 1. The fraction of sp³-hybridized carbons (Fsp3) is 0.455. The van der Waals surface area contributed by atoms with E-state index in [2.05, 4.69) is 33.8 Å². The molecule has 76 valence electrons. The van der Waals surface area contributed by atoms with Crippen molar-refractivity contribution in [2.45, 2.75) is 25.8 Å². The lowest BCUT2D eigenvalue weighted by atomic mass is 10.2. The number of nitrogens with zero attached hydrogens (tertiary/aromatic N) is 1. The van der Waals surface area contributed by atoms with E-state index in [9.17, 15) is 0 Å². The van der Waals surface area contributed by atoms with Crippen LogP contribution in [0.5, 0.6) is 0 Å². The molecule has 0 radical (unpaired) electrons. The van der Waals surface area contributed by atoms with Gasteiger partial charge in [0.1, 0.15) is 0 Å². The second-order valence-electron chi connectivity index (χ2n) is 3.89. The van der Waals surface area contributed by atoms with Crippen molar-refractivity contribution in [3.8, 4) is 0 Å². The molecule has 1 unspecified atom stereocenters. The van der Waals surface area contributed by atoms with Crippen molar-refractivity contribution in [3.63, 3.8) is 0 Å². The van der Waals surface area contributed by atoms with Crippen LogP contribution in [0.15, 0.2) is 22.7 Å². The molecule has 3 heteroatoms. The maximum Gasteiger partial charge on any atom is 0.0479 e. The van der Waals surface area contributed by atoms with Crippen LogP contribution < -0.4 is 10.6 Å². The Morgan fingerprint density at radius 3 is 2.86 bits per heavy atom. The second kappa shape index (κ2) is 3.81. The summed E-state index contributed by atoms with van der Waals surface area (Å²) in [4.78, 5) is 2.42. The third-order valence-electron chi connectivity index (χ3n) is 2.86. The highest BCUT2D eigenvalue weighted by atomic mass is 79.9. The molecule has 0 aromatic heterocycles. The summed E-state index contributed by atoms with van der Waals surface area (Å²) in [5, 5.41) is 0. The minimum absolute atomic E-state index is 0.649. The van der Waals surface area contributed by atoms with Gasteiger partial charge in [0.2, 0.25) is 0 Å². The second-order valence-corrected chi connectivity index (χ2v) is 4.74. The average molecular weight is 255 g/mol. The van der Waals surface area contributed by atoms with E-state index in [0.717, 1.165) is 16.7 Å². The van der Waals surface area contributed by atoms with Gasteiger partial charge in [-0.05, 0) is 53.9 Å². The first-order valence-electron chi connectivity index (χ1n) is 5.00. The third-order valence-corrected chi connectivity index (χ3v) is 3.59. The Morgan fingerprint density at radius 1 is 1.50 bits per heavy atom. The standard InChI is InChI=1S/C11H15BrN2/c1-8-3-2-6-14(8)9-4-5-10(12)11(13)7-9/h4-5,7-8H,2-3,6,13H2,1H3. The summed E-state index contributed by atoms with van der Waals surface area (Å²) in [6.45, 7) is 3.42. The van der Waals surface area contributed by atoms with Crippen LogP contribution in [-0.2, 0) is 0 Å². The minimum atomic E-state index is 0.649. The molecule has 1 heterocycles. The normalized spacial score (nSPS) is 21.6. The first-order chi connectivity index (χ1) is 6.68. The van der Waals surface area contributed by atoms with Crippen LogP contribution >= 0.6 is 15.9 Å². The molecule has 0 spiro atoms. The molecular formula is C11H15BrN2. The Labute approximate surface area is 93.2 Å². The molecule has 1 aliphatic rings. The first kappa shape index (κ1) is 9.84. The van der Waals surface area contributed by atoms with Gasteiger partial charge < -0.3 is 10.6 Å². The van der Waals surface area contributed by atoms with Crippen LogP contribution in [0, 0.1) is 0 Å². The van der Waals surface area contributed by atoms with E-state index in [-0.39, 0.29) is 0 Å². The molecule has 1 aromatic rings. The Hall–Kier alpha value is -0.700. The van der Waals surface area contributed by atoms with Gasteiger partial charge in [-0.25, -0.2) is 0 Å². The maximum atomic E-state index is 5.86. The molecule has 1 aromatic carbocycles. The number of hydrogen-bond acceptors (Lipinski definition) is 2. The van der Waals surface area contributed by atoms with Gasteiger partial charge in [-0.2, -0.15) is 0 Å². The molecule has 0 saturated carbocycles. The molecule has 1 aliphatic heterocycles. The number of hydrogen-bond donors (Lipinski definition) is 1. The first-order valence-corrected chi connectivity index (χ1v) is 5.79. The Bertz CT molecular complexity index is 338. The molecule has 1 fully saturated rings. The lowest BCUT2D eigenvalue weighted by Crippen LogP contribution is -2.26. The molecule has 2 nitrogen and oxygen atoms in total. The van der Waals surface area contributed by atoms with Crippen LogP contribution in [0.3, 0.4) is 0 Å². The van der Waals surface area contributed by atoms with E-state index < -0.39 is 0 Å². The number of anilines is 2. The molecule has 1 atom stereocenters. The van der Waals surface area contributed by atoms with Crippen molar-refractivity contribution in [2.24, 2.45) is 0 Å². The van der Waals surface area contributed by atoms with Gasteiger partial charge in [0, 0.05) is 28.4 Å².